The van der Waals surface area contributed by atoms with E-state index >= 15 is 0 Å². The highest BCUT2D eigenvalue weighted by Crippen LogP contribution is 2.09. The van der Waals surface area contributed by atoms with Crippen LogP contribution in [-0.4, -0.2) is 29.4 Å². The van der Waals surface area contributed by atoms with Crippen molar-refractivity contribution in [2.75, 3.05) is 18.9 Å². The zero-order chi connectivity index (χ0) is 15.1. The normalized spacial score (nSPS) is 10.6. The second-order valence-electron chi connectivity index (χ2n) is 4.98. The summed E-state index contributed by atoms with van der Waals surface area (Å²) in [7, 11) is 1.91. The van der Waals surface area contributed by atoms with Gasteiger partial charge < -0.3 is 11.1 Å². The molecule has 0 aliphatic heterocycles. The minimum atomic E-state index is -0.0351. The highest BCUT2D eigenvalue weighted by atomic mass is 16.2. The number of nitrogens with zero attached hydrogens (tertiary/aromatic N) is 2. The fourth-order valence-electron chi connectivity index (χ4n) is 2.03. The highest BCUT2D eigenvalue weighted by Gasteiger charge is 2.07. The zero-order valence-corrected chi connectivity index (χ0v) is 12.1. The predicted molar refractivity (Wildman–Crippen MR) is 83.5 cm³/mol. The number of anilines is 1. The number of aromatic nitrogens is 1. The Labute approximate surface area is 124 Å². The zero-order valence-electron chi connectivity index (χ0n) is 12.1. The Bertz CT molecular complexity index is 569. The molecule has 0 spiro atoms. The molecule has 0 saturated carbocycles. The second-order valence-corrected chi connectivity index (χ2v) is 4.98. The van der Waals surface area contributed by atoms with Crippen LogP contribution in [0.1, 0.15) is 11.1 Å². The molecule has 5 nitrogen and oxygen atoms in total. The molecule has 21 heavy (non-hydrogen) atoms. The topological polar surface area (TPSA) is 71.2 Å². The van der Waals surface area contributed by atoms with Crippen molar-refractivity contribution in [1.82, 2.24) is 9.88 Å². The van der Waals surface area contributed by atoms with E-state index in [4.69, 9.17) is 5.73 Å². The molecule has 0 bridgehead atoms. The van der Waals surface area contributed by atoms with Gasteiger partial charge in [0.1, 0.15) is 0 Å². The van der Waals surface area contributed by atoms with Crippen LogP contribution in [0.3, 0.4) is 0 Å². The minimum absolute atomic E-state index is 0.0351. The van der Waals surface area contributed by atoms with Crippen molar-refractivity contribution < 1.29 is 4.79 Å². The molecule has 1 aromatic carbocycles. The maximum absolute atomic E-state index is 12.0. The maximum atomic E-state index is 12.0. The summed E-state index contributed by atoms with van der Waals surface area (Å²) in [5.74, 6) is -0.0351. The number of likely N-dealkylation sites (N-methyl/N-ethyl adjacent to an activating group) is 1. The first-order valence-corrected chi connectivity index (χ1v) is 6.83. The predicted octanol–water partition coefficient (Wildman–Crippen LogP) is 1.61. The van der Waals surface area contributed by atoms with E-state index in [2.05, 4.69) is 10.3 Å². The Hall–Kier alpha value is -2.24. The maximum Gasteiger partial charge on any atom is 0.238 e. The van der Waals surface area contributed by atoms with Crippen molar-refractivity contribution in [3.8, 4) is 0 Å². The first-order valence-electron chi connectivity index (χ1n) is 6.83. The van der Waals surface area contributed by atoms with Crippen LogP contribution >= 0.6 is 0 Å². The summed E-state index contributed by atoms with van der Waals surface area (Å²) in [6.07, 6.45) is 3.50. The Morgan fingerprint density at radius 2 is 1.81 bits per heavy atom. The summed E-state index contributed by atoms with van der Waals surface area (Å²) in [6, 6.07) is 11.4. The highest BCUT2D eigenvalue weighted by molar-refractivity contribution is 5.92. The minimum Gasteiger partial charge on any atom is -0.326 e. The molecule has 3 N–H and O–H groups in total. The van der Waals surface area contributed by atoms with Gasteiger partial charge in [0.05, 0.1) is 6.54 Å². The summed E-state index contributed by atoms with van der Waals surface area (Å²) >= 11 is 0. The van der Waals surface area contributed by atoms with Crippen LogP contribution < -0.4 is 11.1 Å². The van der Waals surface area contributed by atoms with Gasteiger partial charge in [0, 0.05) is 31.2 Å². The summed E-state index contributed by atoms with van der Waals surface area (Å²) < 4.78 is 0. The summed E-state index contributed by atoms with van der Waals surface area (Å²) in [4.78, 5) is 17.9. The van der Waals surface area contributed by atoms with E-state index in [0.717, 1.165) is 16.8 Å². The van der Waals surface area contributed by atoms with Gasteiger partial charge in [-0.3, -0.25) is 14.7 Å². The molecule has 5 heteroatoms. The number of hydrogen-bond acceptors (Lipinski definition) is 4. The van der Waals surface area contributed by atoms with Gasteiger partial charge in [-0.15, -0.1) is 0 Å². The SMILES string of the molecule is CN(CC(=O)Nc1ccc(CN)cc1)Cc1ccncc1. The molecule has 2 aromatic rings. The van der Waals surface area contributed by atoms with Gasteiger partial charge >= 0.3 is 0 Å². The van der Waals surface area contributed by atoms with Gasteiger partial charge in [0.15, 0.2) is 0 Å². The van der Waals surface area contributed by atoms with Gasteiger partial charge in [-0.2, -0.15) is 0 Å². The first kappa shape index (κ1) is 15.2. The Balaban J connectivity index is 1.83. The molecule has 0 unspecified atom stereocenters. The molecular formula is C16H20N4O. The average Bonchev–Trinajstić information content (AvgIpc) is 2.48. The van der Waals surface area contributed by atoms with Crippen LogP contribution in [0.5, 0.6) is 0 Å². The summed E-state index contributed by atoms with van der Waals surface area (Å²) in [6.45, 7) is 1.55. The third-order valence-electron chi connectivity index (χ3n) is 3.09. The number of hydrogen-bond donors (Lipinski definition) is 2. The molecule has 110 valence electrons. The molecular weight excluding hydrogens is 264 g/mol. The first-order chi connectivity index (χ1) is 10.2. The second kappa shape index (κ2) is 7.52. The average molecular weight is 284 g/mol. The fraction of sp³-hybridized carbons (Fsp3) is 0.250. The van der Waals surface area contributed by atoms with Gasteiger partial charge in [-0.1, -0.05) is 12.1 Å². The van der Waals surface area contributed by atoms with Crippen molar-refractivity contribution in [2.45, 2.75) is 13.1 Å². The molecule has 0 fully saturated rings. The Morgan fingerprint density at radius 3 is 2.43 bits per heavy atom. The lowest BCUT2D eigenvalue weighted by Crippen LogP contribution is -2.29. The van der Waals surface area contributed by atoms with Gasteiger partial charge in [0.25, 0.3) is 0 Å². The van der Waals surface area contributed by atoms with Crippen molar-refractivity contribution in [2.24, 2.45) is 5.73 Å². The van der Waals surface area contributed by atoms with Crippen LogP contribution in [-0.2, 0) is 17.9 Å². The molecule has 0 saturated heterocycles. The Kier molecular flexibility index (Phi) is 5.43. The van der Waals surface area contributed by atoms with E-state index in [1.807, 2.05) is 48.3 Å². The van der Waals surface area contributed by atoms with Gasteiger partial charge in [0.2, 0.25) is 5.91 Å². The molecule has 0 aliphatic carbocycles. The molecule has 1 amide bonds. The fourth-order valence-corrected chi connectivity index (χ4v) is 2.03. The number of carbonyl (C=O) groups is 1. The molecule has 2 rings (SSSR count). The van der Waals surface area contributed by atoms with Crippen LogP contribution in [0.15, 0.2) is 48.8 Å². The number of pyridine rings is 1. The lowest BCUT2D eigenvalue weighted by molar-refractivity contribution is -0.117. The molecule has 1 aromatic heterocycles. The monoisotopic (exact) mass is 284 g/mol. The van der Waals surface area contributed by atoms with Crippen LogP contribution in [0.2, 0.25) is 0 Å². The number of rotatable bonds is 6. The van der Waals surface area contributed by atoms with E-state index < -0.39 is 0 Å². The van der Waals surface area contributed by atoms with Crippen molar-refractivity contribution in [1.29, 1.82) is 0 Å². The van der Waals surface area contributed by atoms with Crippen LogP contribution in [0.4, 0.5) is 5.69 Å². The number of amides is 1. The number of nitrogens with one attached hydrogen (secondary N) is 1. The molecule has 0 aliphatic rings. The Morgan fingerprint density at radius 1 is 1.14 bits per heavy atom. The van der Waals surface area contributed by atoms with E-state index in [0.29, 0.717) is 19.6 Å². The van der Waals surface area contributed by atoms with Crippen molar-refractivity contribution in [3.63, 3.8) is 0 Å². The van der Waals surface area contributed by atoms with Crippen LogP contribution in [0, 0.1) is 0 Å². The van der Waals surface area contributed by atoms with Crippen molar-refractivity contribution in [3.05, 3.63) is 59.9 Å². The van der Waals surface area contributed by atoms with E-state index in [1.165, 1.54) is 0 Å². The number of benzene rings is 1. The van der Waals surface area contributed by atoms with Crippen LogP contribution in [0.25, 0.3) is 0 Å². The molecule has 0 atom stereocenters. The van der Waals surface area contributed by atoms with E-state index in [-0.39, 0.29) is 5.91 Å². The third-order valence-corrected chi connectivity index (χ3v) is 3.09. The summed E-state index contributed by atoms with van der Waals surface area (Å²) in [5.41, 5.74) is 8.50. The van der Waals surface area contributed by atoms with Gasteiger partial charge in [-0.05, 0) is 42.4 Å². The smallest absolute Gasteiger partial charge is 0.238 e. The number of nitrogens with two attached hydrogens (primary N) is 1. The number of carbonyl (C=O) groups excluding carboxylic acids is 1. The van der Waals surface area contributed by atoms with E-state index in [1.54, 1.807) is 12.4 Å². The quantitative estimate of drug-likeness (QED) is 0.845. The van der Waals surface area contributed by atoms with Gasteiger partial charge in [-0.25, -0.2) is 0 Å². The summed E-state index contributed by atoms with van der Waals surface area (Å²) in [5, 5.41) is 2.88. The standard InChI is InChI=1S/C16H20N4O/c1-20(11-14-6-8-18-9-7-14)12-16(21)19-15-4-2-13(10-17)3-5-15/h2-9H,10-12,17H2,1H3,(H,19,21). The van der Waals surface area contributed by atoms with E-state index in [9.17, 15) is 4.79 Å². The largest absolute Gasteiger partial charge is 0.326 e. The molecule has 1 heterocycles. The molecule has 0 radical (unpaired) electrons. The third kappa shape index (κ3) is 4.98. The van der Waals surface area contributed by atoms with Crippen molar-refractivity contribution >= 4 is 11.6 Å². The lowest BCUT2D eigenvalue weighted by atomic mass is 10.2. The lowest BCUT2D eigenvalue weighted by Gasteiger charge is -2.16.